The third-order valence-corrected chi connectivity index (χ3v) is 5.75. The minimum atomic E-state index is -0.326. The van der Waals surface area contributed by atoms with Crippen molar-refractivity contribution in [2.75, 3.05) is 33.9 Å². The van der Waals surface area contributed by atoms with Crippen molar-refractivity contribution in [3.8, 4) is 5.75 Å². The Morgan fingerprint density at radius 2 is 1.91 bits per heavy atom. The molecule has 1 unspecified atom stereocenters. The van der Waals surface area contributed by atoms with Crippen LogP contribution in [0.5, 0.6) is 5.75 Å². The van der Waals surface area contributed by atoms with Crippen molar-refractivity contribution in [1.82, 2.24) is 14.8 Å². The number of carbonyl (C=O) groups is 2. The molecule has 1 aromatic carbocycles. The molecule has 2 aromatic rings. The monoisotopic (exact) mass is 439 g/mol. The number of ether oxygens (including phenoxy) is 2. The van der Waals surface area contributed by atoms with E-state index in [1.165, 1.54) is 0 Å². The second kappa shape index (κ2) is 11.0. The Morgan fingerprint density at radius 1 is 1.16 bits per heavy atom. The maximum Gasteiger partial charge on any atom is 0.409 e. The molecular weight excluding hydrogens is 406 g/mol. The van der Waals surface area contributed by atoms with Gasteiger partial charge in [-0.2, -0.15) is 0 Å². The third-order valence-electron chi connectivity index (χ3n) is 5.75. The van der Waals surface area contributed by atoms with Gasteiger partial charge >= 0.3 is 6.09 Å². The normalized spacial score (nSPS) is 15.3. The largest absolute Gasteiger partial charge is 0.497 e. The van der Waals surface area contributed by atoms with Gasteiger partial charge in [-0.1, -0.05) is 32.0 Å². The molecular formula is C25H33N3O4. The fraction of sp³-hybridized carbons (Fsp3) is 0.480. The van der Waals surface area contributed by atoms with Gasteiger partial charge < -0.3 is 19.3 Å². The number of rotatable bonds is 7. The summed E-state index contributed by atoms with van der Waals surface area (Å²) in [6.07, 6.45) is 2.68. The molecule has 0 spiro atoms. The van der Waals surface area contributed by atoms with Crippen molar-refractivity contribution in [3.05, 3.63) is 59.9 Å². The van der Waals surface area contributed by atoms with Crippen LogP contribution in [0, 0.1) is 11.8 Å². The molecule has 0 saturated carbocycles. The lowest BCUT2D eigenvalue weighted by atomic mass is 9.93. The minimum Gasteiger partial charge on any atom is -0.497 e. The molecule has 1 aliphatic rings. The predicted octanol–water partition coefficient (Wildman–Crippen LogP) is 4.14. The van der Waals surface area contributed by atoms with Crippen LogP contribution in [0.2, 0.25) is 0 Å². The number of pyridine rings is 1. The molecule has 0 radical (unpaired) electrons. The second-order valence-electron chi connectivity index (χ2n) is 8.61. The van der Waals surface area contributed by atoms with Crippen LogP contribution in [0.15, 0.2) is 48.7 Å². The summed E-state index contributed by atoms with van der Waals surface area (Å²) in [5.41, 5.74) is 1.74. The molecule has 32 heavy (non-hydrogen) atoms. The molecule has 3 rings (SSSR count). The molecule has 0 bridgehead atoms. The minimum absolute atomic E-state index is 0.0543. The lowest BCUT2D eigenvalue weighted by Gasteiger charge is -2.35. The van der Waals surface area contributed by atoms with Gasteiger partial charge in [-0.15, -0.1) is 0 Å². The van der Waals surface area contributed by atoms with E-state index in [2.05, 4.69) is 4.98 Å². The summed E-state index contributed by atoms with van der Waals surface area (Å²) in [4.78, 5) is 33.7. The van der Waals surface area contributed by atoms with Gasteiger partial charge in [0, 0.05) is 32.3 Å². The molecule has 7 heteroatoms. The van der Waals surface area contributed by atoms with Crippen molar-refractivity contribution in [1.29, 1.82) is 0 Å². The molecule has 7 nitrogen and oxygen atoms in total. The number of carbonyl (C=O) groups excluding carboxylic acids is 2. The zero-order valence-corrected chi connectivity index (χ0v) is 19.4. The molecule has 2 heterocycles. The lowest BCUT2D eigenvalue weighted by Crippen LogP contribution is -2.44. The van der Waals surface area contributed by atoms with Gasteiger partial charge in [0.15, 0.2) is 0 Å². The Morgan fingerprint density at radius 3 is 2.53 bits per heavy atom. The van der Waals surface area contributed by atoms with Crippen LogP contribution < -0.4 is 4.74 Å². The zero-order chi connectivity index (χ0) is 23.1. The highest BCUT2D eigenvalue weighted by Crippen LogP contribution is 2.31. The average molecular weight is 440 g/mol. The van der Waals surface area contributed by atoms with E-state index in [0.717, 1.165) is 17.0 Å². The summed E-state index contributed by atoms with van der Waals surface area (Å²) >= 11 is 0. The lowest BCUT2D eigenvalue weighted by molar-refractivity contribution is -0.137. The van der Waals surface area contributed by atoms with E-state index < -0.39 is 0 Å². The topological polar surface area (TPSA) is 72.0 Å². The highest BCUT2D eigenvalue weighted by atomic mass is 16.6. The number of amides is 2. The first-order valence-electron chi connectivity index (χ1n) is 11.1. The number of hydrogen-bond donors (Lipinski definition) is 0. The Balaban J connectivity index is 1.72. The van der Waals surface area contributed by atoms with Gasteiger partial charge in [0.2, 0.25) is 5.91 Å². The molecule has 1 fully saturated rings. The number of likely N-dealkylation sites (tertiary alicyclic amines) is 1. The SMILES string of the molecule is COc1cccc(C(c2ccccn2)N(C)C(=O)C2CCN(C(=O)OCC(C)C)CC2)c1. The maximum atomic E-state index is 13.5. The summed E-state index contributed by atoms with van der Waals surface area (Å²) in [7, 11) is 3.45. The van der Waals surface area contributed by atoms with Crippen LogP contribution in [-0.4, -0.2) is 60.6 Å². The van der Waals surface area contributed by atoms with Gasteiger partial charge in [-0.25, -0.2) is 4.79 Å². The number of methoxy groups -OCH3 is 1. The van der Waals surface area contributed by atoms with Crippen LogP contribution in [-0.2, 0) is 9.53 Å². The molecule has 172 valence electrons. The number of aromatic nitrogens is 1. The van der Waals surface area contributed by atoms with Crippen molar-refractivity contribution < 1.29 is 19.1 Å². The van der Waals surface area contributed by atoms with Gasteiger partial charge in [0.05, 0.1) is 25.5 Å². The van der Waals surface area contributed by atoms with Gasteiger partial charge in [0.25, 0.3) is 0 Å². The third kappa shape index (κ3) is 5.78. The summed E-state index contributed by atoms with van der Waals surface area (Å²) in [6, 6.07) is 13.1. The first-order chi connectivity index (χ1) is 15.4. The maximum absolute atomic E-state index is 13.5. The van der Waals surface area contributed by atoms with Crippen LogP contribution in [0.4, 0.5) is 4.79 Å². The quantitative estimate of drug-likeness (QED) is 0.648. The van der Waals surface area contributed by atoms with Crippen LogP contribution >= 0.6 is 0 Å². The van der Waals surface area contributed by atoms with E-state index in [4.69, 9.17) is 9.47 Å². The molecule has 2 amide bonds. The molecule has 1 aromatic heterocycles. The van der Waals surface area contributed by atoms with E-state index in [1.54, 1.807) is 23.1 Å². The second-order valence-corrected chi connectivity index (χ2v) is 8.61. The smallest absolute Gasteiger partial charge is 0.409 e. The number of piperidine rings is 1. The first kappa shape index (κ1) is 23.6. The fourth-order valence-electron chi connectivity index (χ4n) is 4.00. The predicted molar refractivity (Wildman–Crippen MR) is 122 cm³/mol. The van der Waals surface area contributed by atoms with Crippen molar-refractivity contribution in [3.63, 3.8) is 0 Å². The first-order valence-corrected chi connectivity index (χ1v) is 11.1. The van der Waals surface area contributed by atoms with Gasteiger partial charge in [-0.05, 0) is 48.6 Å². The van der Waals surface area contributed by atoms with E-state index in [0.29, 0.717) is 38.5 Å². The Hall–Kier alpha value is -3.09. The Labute approximate surface area is 190 Å². The zero-order valence-electron chi connectivity index (χ0n) is 19.4. The molecule has 0 N–H and O–H groups in total. The summed E-state index contributed by atoms with van der Waals surface area (Å²) < 4.78 is 10.7. The molecule has 1 atom stereocenters. The average Bonchev–Trinajstić information content (AvgIpc) is 2.83. The summed E-state index contributed by atoms with van der Waals surface area (Å²) in [6.45, 7) is 5.47. The van der Waals surface area contributed by atoms with E-state index >= 15 is 0 Å². The summed E-state index contributed by atoms with van der Waals surface area (Å²) in [5, 5.41) is 0. The van der Waals surface area contributed by atoms with Crippen molar-refractivity contribution >= 4 is 12.0 Å². The van der Waals surface area contributed by atoms with Crippen LogP contribution in [0.25, 0.3) is 0 Å². The standard InChI is InChI=1S/C25H33N3O4/c1-18(2)17-32-25(30)28-14-11-19(12-15-28)24(29)27(3)23(22-10-5-6-13-26-22)20-8-7-9-21(16-20)31-4/h5-10,13,16,18-19,23H,11-12,14-15,17H2,1-4H3. The number of hydrogen-bond acceptors (Lipinski definition) is 5. The van der Waals surface area contributed by atoms with Gasteiger partial charge in [0.1, 0.15) is 5.75 Å². The Kier molecular flexibility index (Phi) is 8.09. The summed E-state index contributed by atoms with van der Waals surface area (Å²) in [5.74, 6) is 0.939. The Bertz CT molecular complexity index is 895. The van der Waals surface area contributed by atoms with Gasteiger partial charge in [-0.3, -0.25) is 9.78 Å². The highest BCUT2D eigenvalue weighted by molar-refractivity contribution is 5.80. The molecule has 0 aliphatic carbocycles. The van der Waals surface area contributed by atoms with E-state index in [9.17, 15) is 9.59 Å². The van der Waals surface area contributed by atoms with E-state index in [-0.39, 0.29) is 24.0 Å². The van der Waals surface area contributed by atoms with E-state index in [1.807, 2.05) is 63.4 Å². The van der Waals surface area contributed by atoms with Crippen LogP contribution in [0.1, 0.15) is 44.0 Å². The molecule has 1 saturated heterocycles. The van der Waals surface area contributed by atoms with Crippen LogP contribution in [0.3, 0.4) is 0 Å². The van der Waals surface area contributed by atoms with Crippen molar-refractivity contribution in [2.24, 2.45) is 11.8 Å². The highest BCUT2D eigenvalue weighted by Gasteiger charge is 2.33. The van der Waals surface area contributed by atoms with Crippen molar-refractivity contribution in [2.45, 2.75) is 32.7 Å². The molecule has 1 aliphatic heterocycles. The number of nitrogens with zero attached hydrogens (tertiary/aromatic N) is 3. The number of benzene rings is 1. The fourth-order valence-corrected chi connectivity index (χ4v) is 4.00.